The van der Waals surface area contributed by atoms with Crippen molar-refractivity contribution in [3.8, 4) is 0 Å². The first-order valence-electron chi connectivity index (χ1n) is 6.11. The average molecular weight is 241 g/mol. The predicted octanol–water partition coefficient (Wildman–Crippen LogP) is 1.30. The topological polar surface area (TPSA) is 60.4 Å². The molecule has 2 rings (SSSR count). The van der Waals surface area contributed by atoms with Gasteiger partial charge >= 0.3 is 5.97 Å². The zero-order valence-electron chi connectivity index (χ0n) is 10.3. The van der Waals surface area contributed by atoms with Gasteiger partial charge < -0.3 is 14.2 Å². The summed E-state index contributed by atoms with van der Waals surface area (Å²) in [7, 11) is 2.92. The van der Waals surface area contributed by atoms with E-state index in [9.17, 15) is 4.79 Å². The van der Waals surface area contributed by atoms with E-state index in [2.05, 4.69) is 9.73 Å². The Kier molecular flexibility index (Phi) is 3.99. The number of carbonyl (C=O) groups excluding carboxylic acids is 1. The van der Waals surface area contributed by atoms with Crippen molar-refractivity contribution in [1.82, 2.24) is 0 Å². The molecule has 0 N–H and O–H groups in total. The van der Waals surface area contributed by atoms with Crippen LogP contribution in [-0.2, 0) is 19.0 Å². The Hall–Kier alpha value is -1.10. The first-order chi connectivity index (χ1) is 8.26. The molecule has 0 aromatic heterocycles. The number of epoxide rings is 1. The molecule has 17 heavy (non-hydrogen) atoms. The van der Waals surface area contributed by atoms with Crippen molar-refractivity contribution in [1.29, 1.82) is 0 Å². The van der Waals surface area contributed by atoms with E-state index in [4.69, 9.17) is 9.47 Å². The highest BCUT2D eigenvalue weighted by atomic mass is 16.7. The Morgan fingerprint density at radius 2 is 1.82 bits per heavy atom. The second kappa shape index (κ2) is 5.49. The molecular weight excluding hydrogens is 222 g/mol. The van der Waals surface area contributed by atoms with Crippen LogP contribution in [-0.4, -0.2) is 44.3 Å². The third-order valence-corrected chi connectivity index (χ3v) is 3.26. The molecule has 2 fully saturated rings. The molecule has 2 unspecified atom stereocenters. The Balaban J connectivity index is 1.92. The smallest absolute Gasteiger partial charge is 0.338 e. The van der Waals surface area contributed by atoms with E-state index in [1.807, 2.05) is 0 Å². The molecule has 0 bridgehead atoms. The maximum atomic E-state index is 11.2. The second-order valence-electron chi connectivity index (χ2n) is 4.46. The number of nitrogens with zero attached hydrogens (tertiary/aromatic N) is 1. The van der Waals surface area contributed by atoms with Crippen molar-refractivity contribution in [2.24, 2.45) is 4.99 Å². The van der Waals surface area contributed by atoms with Crippen LogP contribution in [0.5, 0.6) is 0 Å². The van der Waals surface area contributed by atoms with Crippen LogP contribution in [0.2, 0.25) is 0 Å². The van der Waals surface area contributed by atoms with Gasteiger partial charge in [0.1, 0.15) is 0 Å². The first-order valence-corrected chi connectivity index (χ1v) is 6.11. The zero-order chi connectivity index (χ0) is 12.3. The average Bonchev–Trinajstić information content (AvgIpc) is 3.16. The monoisotopic (exact) mass is 241 g/mol. The maximum Gasteiger partial charge on any atom is 0.338 e. The van der Waals surface area contributed by atoms with Crippen molar-refractivity contribution < 1.29 is 19.0 Å². The van der Waals surface area contributed by atoms with Crippen LogP contribution in [0.3, 0.4) is 0 Å². The minimum Gasteiger partial charge on any atom is -0.482 e. The molecule has 1 heterocycles. The molecule has 2 aliphatic rings. The first kappa shape index (κ1) is 12.4. The van der Waals surface area contributed by atoms with Crippen molar-refractivity contribution in [3.05, 3.63) is 0 Å². The lowest BCUT2D eigenvalue weighted by Crippen LogP contribution is -2.22. The zero-order valence-corrected chi connectivity index (χ0v) is 10.3. The van der Waals surface area contributed by atoms with Crippen molar-refractivity contribution >= 4 is 11.9 Å². The van der Waals surface area contributed by atoms with Crippen LogP contribution in [0, 0.1) is 0 Å². The van der Waals surface area contributed by atoms with E-state index in [0.717, 1.165) is 12.8 Å². The molecule has 2 atom stereocenters. The molecule has 0 aromatic rings. The lowest BCUT2D eigenvalue weighted by molar-refractivity contribution is -0.142. The van der Waals surface area contributed by atoms with Crippen molar-refractivity contribution in [2.45, 2.75) is 50.4 Å². The summed E-state index contributed by atoms with van der Waals surface area (Å²) in [6.07, 6.45) is 5.06. The largest absolute Gasteiger partial charge is 0.482 e. The van der Waals surface area contributed by atoms with Gasteiger partial charge in [-0.15, -0.1) is 0 Å². The van der Waals surface area contributed by atoms with Crippen LogP contribution in [0.4, 0.5) is 0 Å². The molecule has 0 amide bonds. The molecule has 1 saturated carbocycles. The van der Waals surface area contributed by atoms with E-state index in [1.165, 1.54) is 26.4 Å². The number of carbonyl (C=O) groups is 1. The SMILES string of the molecule is COC(=O)C1OC1C(=NC1CCCCC1)OC. The van der Waals surface area contributed by atoms with E-state index >= 15 is 0 Å². The lowest BCUT2D eigenvalue weighted by atomic mass is 9.96. The highest BCUT2D eigenvalue weighted by Gasteiger charge is 2.51. The van der Waals surface area contributed by atoms with Gasteiger partial charge in [-0.05, 0) is 12.8 Å². The third-order valence-electron chi connectivity index (χ3n) is 3.26. The van der Waals surface area contributed by atoms with E-state index in [0.29, 0.717) is 11.9 Å². The van der Waals surface area contributed by atoms with Gasteiger partial charge in [0.15, 0.2) is 12.2 Å². The highest BCUT2D eigenvalue weighted by molar-refractivity contribution is 5.92. The standard InChI is InChI=1S/C12H19NO4/c1-15-11(9-10(17-9)12(14)16-2)13-8-6-4-3-5-7-8/h8-10H,3-7H2,1-2H3. The lowest BCUT2D eigenvalue weighted by Gasteiger charge is -2.18. The Labute approximate surface area is 101 Å². The van der Waals surface area contributed by atoms with Crippen LogP contribution in [0.1, 0.15) is 32.1 Å². The van der Waals surface area contributed by atoms with Gasteiger partial charge in [0.2, 0.25) is 5.90 Å². The maximum absolute atomic E-state index is 11.2. The molecule has 0 radical (unpaired) electrons. The minimum absolute atomic E-state index is 0.321. The normalized spacial score (nSPS) is 29.9. The summed E-state index contributed by atoms with van der Waals surface area (Å²) in [5.41, 5.74) is 0. The number of esters is 1. The molecule has 5 nitrogen and oxygen atoms in total. The summed E-state index contributed by atoms with van der Waals surface area (Å²) >= 11 is 0. The molecule has 1 saturated heterocycles. The number of rotatable bonds is 3. The fourth-order valence-electron chi connectivity index (χ4n) is 2.23. The summed E-state index contributed by atoms with van der Waals surface area (Å²) < 4.78 is 15.1. The highest BCUT2D eigenvalue weighted by Crippen LogP contribution is 2.27. The van der Waals surface area contributed by atoms with Gasteiger partial charge in [0, 0.05) is 0 Å². The quantitative estimate of drug-likeness (QED) is 0.323. The predicted molar refractivity (Wildman–Crippen MR) is 62.0 cm³/mol. The van der Waals surface area contributed by atoms with E-state index in [1.54, 1.807) is 7.11 Å². The summed E-state index contributed by atoms with van der Waals surface area (Å²) in [5.74, 6) is 0.177. The van der Waals surface area contributed by atoms with Gasteiger partial charge in [0.05, 0.1) is 20.3 Å². The molecular formula is C12H19NO4. The Morgan fingerprint density at radius 1 is 1.12 bits per heavy atom. The summed E-state index contributed by atoms with van der Waals surface area (Å²) in [5, 5.41) is 0. The Morgan fingerprint density at radius 3 is 2.41 bits per heavy atom. The van der Waals surface area contributed by atoms with Gasteiger partial charge in [-0.3, -0.25) is 0 Å². The number of ether oxygens (including phenoxy) is 3. The number of aliphatic imine (C=N–C) groups is 1. The van der Waals surface area contributed by atoms with Gasteiger partial charge in [-0.2, -0.15) is 0 Å². The van der Waals surface area contributed by atoms with Crippen molar-refractivity contribution in [3.63, 3.8) is 0 Å². The number of hydrogen-bond acceptors (Lipinski definition) is 5. The third kappa shape index (κ3) is 2.97. The minimum atomic E-state index is -0.526. The molecule has 96 valence electrons. The fraction of sp³-hybridized carbons (Fsp3) is 0.833. The molecule has 5 heteroatoms. The van der Waals surface area contributed by atoms with Gasteiger partial charge in [-0.25, -0.2) is 9.79 Å². The molecule has 0 spiro atoms. The van der Waals surface area contributed by atoms with E-state index in [-0.39, 0.29) is 12.1 Å². The van der Waals surface area contributed by atoms with Crippen LogP contribution >= 0.6 is 0 Å². The van der Waals surface area contributed by atoms with E-state index < -0.39 is 6.10 Å². The summed E-state index contributed by atoms with van der Waals surface area (Å²) in [4.78, 5) is 15.8. The van der Waals surface area contributed by atoms with Crippen molar-refractivity contribution in [2.75, 3.05) is 14.2 Å². The molecule has 0 aromatic carbocycles. The van der Waals surface area contributed by atoms with Crippen LogP contribution in [0.15, 0.2) is 4.99 Å². The molecule has 1 aliphatic carbocycles. The van der Waals surface area contributed by atoms with Gasteiger partial charge in [-0.1, -0.05) is 19.3 Å². The van der Waals surface area contributed by atoms with Crippen LogP contribution < -0.4 is 0 Å². The number of hydrogen-bond donors (Lipinski definition) is 0. The summed E-state index contributed by atoms with van der Waals surface area (Å²) in [6.45, 7) is 0. The van der Waals surface area contributed by atoms with Crippen LogP contribution in [0.25, 0.3) is 0 Å². The van der Waals surface area contributed by atoms with Gasteiger partial charge in [0.25, 0.3) is 0 Å². The summed E-state index contributed by atoms with van der Waals surface area (Å²) in [6, 6.07) is 0.321. The number of methoxy groups -OCH3 is 2. The fourth-order valence-corrected chi connectivity index (χ4v) is 2.23. The second-order valence-corrected chi connectivity index (χ2v) is 4.46. The Bertz CT molecular complexity index is 310. The molecule has 1 aliphatic heterocycles.